The number of aryl methyl sites for hydroxylation is 2. The number of thioether (sulfide) groups is 1. The highest BCUT2D eigenvalue weighted by atomic mass is 32.2. The number of benzene rings is 2. The summed E-state index contributed by atoms with van der Waals surface area (Å²) in [4.78, 5) is 13.4. The summed E-state index contributed by atoms with van der Waals surface area (Å²) in [5.74, 6) is 1.11. The van der Waals surface area contributed by atoms with Crippen LogP contribution in [0.25, 0.3) is 0 Å². The maximum absolute atomic E-state index is 13.4. The Morgan fingerprint density at radius 2 is 1.94 bits per heavy atom. The van der Waals surface area contributed by atoms with Crippen LogP contribution in [0, 0.1) is 19.8 Å². The molecule has 1 aromatic heterocycles. The zero-order valence-corrected chi connectivity index (χ0v) is 20.6. The number of sulfone groups is 1. The van der Waals surface area contributed by atoms with Gasteiger partial charge in [-0.1, -0.05) is 54.2 Å². The van der Waals surface area contributed by atoms with E-state index in [9.17, 15) is 13.2 Å². The molecule has 3 aromatic rings. The number of carbonyl (C=O) groups is 1. The number of hydrogen-bond acceptors (Lipinski definition) is 6. The molecule has 0 radical (unpaired) electrons. The minimum atomic E-state index is -2.94. The smallest absolute Gasteiger partial charge is 0.242 e. The van der Waals surface area contributed by atoms with Gasteiger partial charge < -0.3 is 9.88 Å². The second-order valence-electron chi connectivity index (χ2n) is 8.65. The lowest BCUT2D eigenvalue weighted by Gasteiger charge is -2.18. The minimum Gasteiger partial charge on any atom is -0.325 e. The number of carbonyl (C=O) groups excluding carboxylic acids is 1. The first-order valence-corrected chi connectivity index (χ1v) is 13.6. The molecule has 7 nitrogen and oxygen atoms in total. The summed E-state index contributed by atoms with van der Waals surface area (Å²) in [6, 6.07) is 15.6. The van der Waals surface area contributed by atoms with Gasteiger partial charge >= 0.3 is 0 Å². The Kier molecular flexibility index (Phi) is 6.90. The van der Waals surface area contributed by atoms with Gasteiger partial charge in [-0.3, -0.25) is 4.79 Å². The second kappa shape index (κ2) is 9.69. The van der Waals surface area contributed by atoms with Crippen LogP contribution in [0.5, 0.6) is 0 Å². The molecule has 2 atom stereocenters. The normalized spacial score (nSPS) is 18.2. The molecule has 0 bridgehead atoms. The quantitative estimate of drug-likeness (QED) is 0.512. The molecule has 1 N–H and O–H groups in total. The minimum absolute atomic E-state index is 0.0632. The lowest BCUT2D eigenvalue weighted by atomic mass is 10.1. The second-order valence-corrected chi connectivity index (χ2v) is 11.9. The van der Waals surface area contributed by atoms with E-state index >= 15 is 0 Å². The summed E-state index contributed by atoms with van der Waals surface area (Å²) in [7, 11) is -1.07. The average Bonchev–Trinajstić information content (AvgIpc) is 3.30. The molecule has 9 heteroatoms. The first-order chi connectivity index (χ1) is 15.7. The van der Waals surface area contributed by atoms with Crippen LogP contribution in [0.3, 0.4) is 0 Å². The molecule has 33 heavy (non-hydrogen) atoms. The van der Waals surface area contributed by atoms with Crippen LogP contribution in [0.1, 0.15) is 34.2 Å². The van der Waals surface area contributed by atoms with E-state index in [1.165, 1.54) is 11.8 Å². The predicted octanol–water partition coefficient (Wildman–Crippen LogP) is 3.88. The summed E-state index contributed by atoms with van der Waals surface area (Å²) in [5, 5.41) is 11.8. The van der Waals surface area contributed by atoms with E-state index in [0.29, 0.717) is 18.0 Å². The highest BCUT2D eigenvalue weighted by Gasteiger charge is 2.30. The van der Waals surface area contributed by atoms with Crippen LogP contribution in [-0.2, 0) is 28.1 Å². The molecule has 1 aliphatic heterocycles. The Labute approximate surface area is 198 Å². The summed E-state index contributed by atoms with van der Waals surface area (Å²) in [6.07, 6.45) is 1.22. The first-order valence-electron chi connectivity index (χ1n) is 10.9. The van der Waals surface area contributed by atoms with Gasteiger partial charge in [0, 0.05) is 19.2 Å². The molecule has 0 aliphatic carbocycles. The largest absolute Gasteiger partial charge is 0.325 e. The third-order valence-electron chi connectivity index (χ3n) is 5.94. The van der Waals surface area contributed by atoms with E-state index in [0.717, 1.165) is 28.2 Å². The molecule has 0 spiro atoms. The Morgan fingerprint density at radius 1 is 1.18 bits per heavy atom. The number of nitrogens with one attached hydrogen (secondary N) is 1. The Balaban J connectivity index is 1.56. The molecule has 1 saturated heterocycles. The summed E-state index contributed by atoms with van der Waals surface area (Å²) in [5.41, 5.74) is 3.74. The van der Waals surface area contributed by atoms with Crippen molar-refractivity contribution in [2.45, 2.75) is 37.1 Å². The van der Waals surface area contributed by atoms with Crippen molar-refractivity contribution in [1.82, 2.24) is 14.8 Å². The van der Waals surface area contributed by atoms with E-state index in [2.05, 4.69) is 15.5 Å². The summed E-state index contributed by atoms with van der Waals surface area (Å²) in [6.45, 7) is 3.97. The maximum atomic E-state index is 13.4. The van der Waals surface area contributed by atoms with Crippen LogP contribution >= 0.6 is 11.8 Å². The molecular weight excluding hydrogens is 456 g/mol. The van der Waals surface area contributed by atoms with E-state index in [-0.39, 0.29) is 23.3 Å². The maximum Gasteiger partial charge on any atom is 0.242 e. The molecule has 4 rings (SSSR count). The molecule has 0 saturated carbocycles. The lowest BCUT2D eigenvalue weighted by molar-refractivity contribution is -0.115. The van der Waals surface area contributed by atoms with Crippen LogP contribution in [0.15, 0.2) is 53.7 Å². The van der Waals surface area contributed by atoms with E-state index < -0.39 is 15.1 Å². The van der Waals surface area contributed by atoms with Crippen LogP contribution in [-0.4, -0.2) is 40.6 Å². The van der Waals surface area contributed by atoms with Gasteiger partial charge in [0.1, 0.15) is 11.1 Å². The van der Waals surface area contributed by atoms with Gasteiger partial charge in [0.15, 0.2) is 15.0 Å². The Morgan fingerprint density at radius 3 is 2.64 bits per heavy atom. The van der Waals surface area contributed by atoms with E-state index in [1.54, 1.807) is 0 Å². The van der Waals surface area contributed by atoms with Crippen LogP contribution in [0.4, 0.5) is 5.69 Å². The number of rotatable bonds is 7. The molecule has 0 unspecified atom stereocenters. The molecule has 2 heterocycles. The Hall–Kier alpha value is -2.65. The fourth-order valence-corrected chi connectivity index (χ4v) is 6.87. The van der Waals surface area contributed by atoms with Gasteiger partial charge in [-0.15, -0.1) is 10.2 Å². The summed E-state index contributed by atoms with van der Waals surface area (Å²) < 4.78 is 25.5. The van der Waals surface area contributed by atoms with Gasteiger partial charge in [0.25, 0.3) is 0 Å². The zero-order valence-electron chi connectivity index (χ0n) is 19.0. The van der Waals surface area contributed by atoms with Crippen LogP contribution in [0.2, 0.25) is 0 Å². The molecule has 1 fully saturated rings. The topological polar surface area (TPSA) is 94.0 Å². The zero-order chi connectivity index (χ0) is 23.6. The van der Waals surface area contributed by atoms with Crippen molar-refractivity contribution in [3.63, 3.8) is 0 Å². The van der Waals surface area contributed by atoms with Crippen molar-refractivity contribution in [3.8, 4) is 0 Å². The number of anilines is 1. The molecular formula is C24H28N4O3S2. The molecule has 2 aromatic carbocycles. The Bertz CT molecular complexity index is 1260. The van der Waals surface area contributed by atoms with Crippen molar-refractivity contribution in [2.24, 2.45) is 13.0 Å². The monoisotopic (exact) mass is 484 g/mol. The van der Waals surface area contributed by atoms with Crippen molar-refractivity contribution in [3.05, 3.63) is 71.0 Å². The molecule has 1 aliphatic rings. The summed E-state index contributed by atoms with van der Waals surface area (Å²) >= 11 is 1.34. The average molecular weight is 485 g/mol. The van der Waals surface area contributed by atoms with Gasteiger partial charge in [-0.05, 0) is 48.9 Å². The fourth-order valence-electron chi connectivity index (χ4n) is 3.99. The van der Waals surface area contributed by atoms with Gasteiger partial charge in [0.2, 0.25) is 5.91 Å². The molecule has 1 amide bonds. The standard InChI is InChI=1S/C24H28N4O3S2/c1-16-9-10-17(2)20(13-16)25-23(29)22(19-7-5-4-6-8-19)32-24-27-26-21(28(24)3)14-18-11-12-33(30,31)15-18/h4-10,13,18,22H,11-12,14-15H2,1-3H3,(H,25,29)/t18-,22-/m0/s1. The van der Waals surface area contributed by atoms with Crippen molar-refractivity contribution < 1.29 is 13.2 Å². The SMILES string of the molecule is Cc1ccc(C)c(NC(=O)[C@@H](Sc2nnc(C[C@@H]3CCS(=O)(=O)C3)n2C)c2ccccc2)c1. The lowest BCUT2D eigenvalue weighted by Crippen LogP contribution is -2.20. The van der Waals surface area contributed by atoms with Crippen molar-refractivity contribution in [2.75, 3.05) is 16.8 Å². The number of hydrogen-bond donors (Lipinski definition) is 1. The third kappa shape index (κ3) is 5.65. The van der Waals surface area contributed by atoms with Crippen LogP contribution < -0.4 is 5.32 Å². The number of aromatic nitrogens is 3. The number of amides is 1. The van der Waals surface area contributed by atoms with E-state index in [1.807, 2.05) is 74.0 Å². The van der Waals surface area contributed by atoms with Crippen molar-refractivity contribution in [1.29, 1.82) is 0 Å². The van der Waals surface area contributed by atoms with E-state index in [4.69, 9.17) is 0 Å². The predicted molar refractivity (Wildman–Crippen MR) is 131 cm³/mol. The number of nitrogens with zero attached hydrogens (tertiary/aromatic N) is 3. The highest BCUT2D eigenvalue weighted by molar-refractivity contribution is 8.00. The first kappa shape index (κ1) is 23.5. The third-order valence-corrected chi connectivity index (χ3v) is 9.06. The van der Waals surface area contributed by atoms with Gasteiger partial charge in [-0.25, -0.2) is 8.42 Å². The van der Waals surface area contributed by atoms with Gasteiger partial charge in [0.05, 0.1) is 11.5 Å². The molecule has 174 valence electrons. The van der Waals surface area contributed by atoms with Gasteiger partial charge in [-0.2, -0.15) is 0 Å². The fraction of sp³-hybridized carbons (Fsp3) is 0.375. The highest BCUT2D eigenvalue weighted by Crippen LogP contribution is 2.36. The van der Waals surface area contributed by atoms with Crippen molar-refractivity contribution >= 4 is 33.2 Å².